The van der Waals surface area contributed by atoms with Crippen molar-refractivity contribution in [1.82, 2.24) is 10.2 Å². The predicted molar refractivity (Wildman–Crippen MR) is 90.8 cm³/mol. The summed E-state index contributed by atoms with van der Waals surface area (Å²) in [6.07, 6.45) is 5.29. The lowest BCUT2D eigenvalue weighted by Gasteiger charge is -2.32. The molecule has 24 heavy (non-hydrogen) atoms. The Balaban J connectivity index is 1.96. The molecule has 0 aliphatic carbocycles. The molecule has 7 heteroatoms. The summed E-state index contributed by atoms with van der Waals surface area (Å²) in [7, 11) is -1.02. The van der Waals surface area contributed by atoms with Gasteiger partial charge in [0.25, 0.3) is 0 Å². The van der Waals surface area contributed by atoms with Gasteiger partial charge < -0.3 is 13.7 Å². The van der Waals surface area contributed by atoms with Gasteiger partial charge in [0.15, 0.2) is 0 Å². The van der Waals surface area contributed by atoms with Crippen LogP contribution in [0.4, 0.5) is 4.39 Å². The molecule has 3 heterocycles. The van der Waals surface area contributed by atoms with Gasteiger partial charge in [0, 0.05) is 16.8 Å². The van der Waals surface area contributed by atoms with E-state index in [1.165, 1.54) is 6.08 Å². The Bertz CT molecular complexity index is 734. The second kappa shape index (κ2) is 5.90. The Hall–Kier alpha value is -1.86. The van der Waals surface area contributed by atoms with E-state index in [9.17, 15) is 4.39 Å². The second-order valence-corrected chi connectivity index (χ2v) is 6.95. The molecule has 2 aromatic rings. The van der Waals surface area contributed by atoms with Crippen LogP contribution in [-0.2, 0) is 15.7 Å². The first-order chi connectivity index (χ1) is 11.2. The van der Waals surface area contributed by atoms with Crippen LogP contribution in [0.2, 0.25) is 0 Å². The third-order valence-electron chi connectivity index (χ3n) is 4.79. The fraction of sp³-hybridized carbons (Fsp3) is 0.471. The quantitative estimate of drug-likeness (QED) is 0.854. The maximum absolute atomic E-state index is 14.8. The Morgan fingerprint density at radius 2 is 1.96 bits per heavy atom. The van der Waals surface area contributed by atoms with E-state index >= 15 is 0 Å². The minimum Gasteiger partial charge on any atom is -0.472 e. The Labute approximate surface area is 141 Å². The molecule has 0 bridgehead atoms. The standard InChI is InChI=1S/C17H22BFN2O3/c1-6-13-12(15(21-20-13)11-7-8-22-10-11)9-14(19)18-23-16(2,3)17(4,5)24-18/h7-10H,6H2,1-5H3,(H,20,21). The smallest absolute Gasteiger partial charge is 0.472 e. The van der Waals surface area contributed by atoms with Crippen molar-refractivity contribution in [3.05, 3.63) is 35.6 Å². The van der Waals surface area contributed by atoms with E-state index in [1.54, 1.807) is 18.6 Å². The van der Waals surface area contributed by atoms with Crippen molar-refractivity contribution in [3.8, 4) is 11.3 Å². The van der Waals surface area contributed by atoms with Crippen LogP contribution in [0.5, 0.6) is 0 Å². The largest absolute Gasteiger partial charge is 0.525 e. The number of H-pyrrole nitrogens is 1. The van der Waals surface area contributed by atoms with Gasteiger partial charge in [0.2, 0.25) is 0 Å². The third-order valence-corrected chi connectivity index (χ3v) is 4.79. The SMILES string of the molecule is CCc1[nH]nc(-c2ccoc2)c1C=C(F)B1OC(C)(C)C(C)(C)O1. The molecule has 0 atom stereocenters. The molecule has 128 valence electrons. The average Bonchev–Trinajstić information content (AvgIpc) is 3.18. The molecular weight excluding hydrogens is 310 g/mol. The second-order valence-electron chi connectivity index (χ2n) is 6.95. The highest BCUT2D eigenvalue weighted by Crippen LogP contribution is 2.39. The molecule has 0 spiro atoms. The lowest BCUT2D eigenvalue weighted by molar-refractivity contribution is 0.00578. The van der Waals surface area contributed by atoms with Crippen LogP contribution in [0.25, 0.3) is 17.3 Å². The van der Waals surface area contributed by atoms with E-state index in [1.807, 2.05) is 34.6 Å². The minimum atomic E-state index is -1.02. The van der Waals surface area contributed by atoms with E-state index in [4.69, 9.17) is 13.7 Å². The molecule has 1 saturated heterocycles. The first-order valence-corrected chi connectivity index (χ1v) is 8.07. The van der Waals surface area contributed by atoms with Crippen LogP contribution in [0.1, 0.15) is 45.9 Å². The van der Waals surface area contributed by atoms with Gasteiger partial charge in [-0.2, -0.15) is 5.10 Å². The van der Waals surface area contributed by atoms with Crippen LogP contribution in [0.15, 0.2) is 28.7 Å². The van der Waals surface area contributed by atoms with Gasteiger partial charge in [-0.05, 0) is 46.3 Å². The number of aryl methyl sites for hydroxylation is 1. The van der Waals surface area contributed by atoms with E-state index in [-0.39, 0.29) is 0 Å². The van der Waals surface area contributed by atoms with E-state index < -0.39 is 24.0 Å². The molecule has 0 amide bonds. The van der Waals surface area contributed by atoms with Gasteiger partial charge in [-0.15, -0.1) is 0 Å². The lowest BCUT2D eigenvalue weighted by atomic mass is 9.86. The van der Waals surface area contributed by atoms with Crippen molar-refractivity contribution in [1.29, 1.82) is 0 Å². The zero-order chi connectivity index (χ0) is 17.5. The number of nitrogens with zero attached hydrogens (tertiary/aromatic N) is 1. The molecule has 0 radical (unpaired) electrons. The summed E-state index contributed by atoms with van der Waals surface area (Å²) in [6, 6.07) is 1.79. The molecule has 0 unspecified atom stereocenters. The van der Waals surface area contributed by atoms with Crippen LogP contribution >= 0.6 is 0 Å². The fourth-order valence-electron chi connectivity index (χ4n) is 2.59. The summed E-state index contributed by atoms with van der Waals surface area (Å²) in [6.45, 7) is 9.56. The van der Waals surface area contributed by atoms with Crippen molar-refractivity contribution < 1.29 is 18.1 Å². The summed E-state index contributed by atoms with van der Waals surface area (Å²) in [4.78, 5) is 0. The maximum Gasteiger partial charge on any atom is 0.525 e. The number of aromatic amines is 1. The average molecular weight is 332 g/mol. The highest BCUT2D eigenvalue weighted by Gasteiger charge is 2.53. The van der Waals surface area contributed by atoms with E-state index in [0.717, 1.165) is 11.3 Å². The van der Waals surface area contributed by atoms with E-state index in [0.29, 0.717) is 17.7 Å². The monoisotopic (exact) mass is 332 g/mol. The molecule has 1 aliphatic rings. The molecular formula is C17H22BFN2O3. The van der Waals surface area contributed by atoms with Crippen LogP contribution in [-0.4, -0.2) is 28.5 Å². The van der Waals surface area contributed by atoms with Gasteiger partial charge in [-0.1, -0.05) is 6.92 Å². The molecule has 1 aliphatic heterocycles. The zero-order valence-corrected chi connectivity index (χ0v) is 14.6. The van der Waals surface area contributed by atoms with Crippen molar-refractivity contribution in [2.45, 2.75) is 52.2 Å². The number of nitrogens with one attached hydrogen (secondary N) is 1. The highest BCUT2D eigenvalue weighted by molar-refractivity contribution is 6.54. The van der Waals surface area contributed by atoms with Gasteiger partial charge in [0.1, 0.15) is 11.4 Å². The molecule has 1 fully saturated rings. The summed E-state index contributed by atoms with van der Waals surface area (Å²) < 4.78 is 31.5. The Morgan fingerprint density at radius 3 is 2.50 bits per heavy atom. The van der Waals surface area contributed by atoms with Gasteiger partial charge in [-0.3, -0.25) is 5.10 Å². The zero-order valence-electron chi connectivity index (χ0n) is 14.6. The molecule has 0 saturated carbocycles. The number of hydrogen-bond acceptors (Lipinski definition) is 4. The highest BCUT2D eigenvalue weighted by atomic mass is 19.1. The molecule has 0 aromatic carbocycles. The predicted octanol–water partition coefficient (Wildman–Crippen LogP) is 4.17. The van der Waals surface area contributed by atoms with Gasteiger partial charge in [0.05, 0.1) is 23.7 Å². The number of rotatable bonds is 4. The normalized spacial score (nSPS) is 19.9. The first kappa shape index (κ1) is 17.0. The summed E-state index contributed by atoms with van der Waals surface area (Å²) in [5.41, 5.74) is 1.32. The van der Waals surface area contributed by atoms with Crippen LogP contribution in [0, 0.1) is 0 Å². The molecule has 5 nitrogen and oxygen atoms in total. The number of halogens is 1. The summed E-state index contributed by atoms with van der Waals surface area (Å²) in [5, 5.41) is 7.24. The molecule has 2 aromatic heterocycles. The molecule has 3 rings (SSSR count). The van der Waals surface area contributed by atoms with Crippen molar-refractivity contribution >= 4 is 13.2 Å². The van der Waals surface area contributed by atoms with Crippen LogP contribution < -0.4 is 0 Å². The van der Waals surface area contributed by atoms with Crippen molar-refractivity contribution in [2.75, 3.05) is 0 Å². The van der Waals surface area contributed by atoms with Gasteiger partial charge >= 0.3 is 7.12 Å². The van der Waals surface area contributed by atoms with Crippen molar-refractivity contribution in [3.63, 3.8) is 0 Å². The van der Waals surface area contributed by atoms with E-state index in [2.05, 4.69) is 10.2 Å². The number of aromatic nitrogens is 2. The minimum absolute atomic E-state index is 0.477. The Morgan fingerprint density at radius 1 is 1.29 bits per heavy atom. The topological polar surface area (TPSA) is 60.3 Å². The first-order valence-electron chi connectivity index (χ1n) is 8.07. The number of furan rings is 1. The fourth-order valence-corrected chi connectivity index (χ4v) is 2.59. The Kier molecular flexibility index (Phi) is 4.17. The summed E-state index contributed by atoms with van der Waals surface area (Å²) >= 11 is 0. The maximum atomic E-state index is 14.8. The van der Waals surface area contributed by atoms with Gasteiger partial charge in [-0.25, -0.2) is 4.39 Å². The van der Waals surface area contributed by atoms with Crippen molar-refractivity contribution in [2.24, 2.45) is 0 Å². The third kappa shape index (κ3) is 2.82. The van der Waals surface area contributed by atoms with Crippen LogP contribution in [0.3, 0.4) is 0 Å². The summed E-state index contributed by atoms with van der Waals surface area (Å²) in [5.74, 6) is 0. The number of hydrogen-bond donors (Lipinski definition) is 1. The lowest BCUT2D eigenvalue weighted by Crippen LogP contribution is -2.41. The molecule has 1 N–H and O–H groups in total.